The molecule has 0 aliphatic carbocycles. The van der Waals surface area contributed by atoms with Crippen molar-refractivity contribution in [1.82, 2.24) is 15.0 Å². The molecule has 1 amide bonds. The molecule has 6 nitrogen and oxygen atoms in total. The number of nitrogens with zero attached hydrogens (tertiary/aromatic N) is 1. The molecule has 2 aromatic heterocycles. The number of thiazole rings is 1. The lowest BCUT2D eigenvalue weighted by Gasteiger charge is -2.03. The van der Waals surface area contributed by atoms with Gasteiger partial charge < -0.3 is 15.3 Å². The molecule has 0 aliphatic rings. The fourth-order valence-corrected chi connectivity index (χ4v) is 3.23. The van der Waals surface area contributed by atoms with Crippen molar-refractivity contribution in [1.29, 1.82) is 0 Å². The standard InChI is InChI=1S/C16H18N4O2S/c1-9-10(2)23-16(17-9)20-14(21)5-3-4-11-6-7-12-13(8-11)19-15(22)18-12/h6-8H,3-5H2,1-2H3,(H,17,20,21)(H2,18,19,22). The molecule has 0 radical (unpaired) electrons. The van der Waals surface area contributed by atoms with Gasteiger partial charge in [-0.3, -0.25) is 4.79 Å². The van der Waals surface area contributed by atoms with Crippen molar-refractivity contribution < 1.29 is 4.79 Å². The van der Waals surface area contributed by atoms with Crippen LogP contribution in [0, 0.1) is 13.8 Å². The van der Waals surface area contributed by atoms with Gasteiger partial charge in [-0.15, -0.1) is 11.3 Å². The summed E-state index contributed by atoms with van der Waals surface area (Å²) in [7, 11) is 0. The minimum Gasteiger partial charge on any atom is -0.306 e. The van der Waals surface area contributed by atoms with Gasteiger partial charge in [-0.1, -0.05) is 6.07 Å². The second-order valence-corrected chi connectivity index (χ2v) is 6.72. The number of hydrogen-bond acceptors (Lipinski definition) is 4. The van der Waals surface area contributed by atoms with Crippen LogP contribution < -0.4 is 11.0 Å². The largest absolute Gasteiger partial charge is 0.323 e. The van der Waals surface area contributed by atoms with E-state index in [4.69, 9.17) is 0 Å². The van der Waals surface area contributed by atoms with E-state index in [-0.39, 0.29) is 11.6 Å². The third kappa shape index (κ3) is 3.68. The molecule has 3 aromatic rings. The van der Waals surface area contributed by atoms with Crippen LogP contribution in [0.15, 0.2) is 23.0 Å². The molecular formula is C16H18N4O2S. The van der Waals surface area contributed by atoms with Gasteiger partial charge in [0.2, 0.25) is 5.91 Å². The fourth-order valence-electron chi connectivity index (χ4n) is 2.40. The average molecular weight is 330 g/mol. The van der Waals surface area contributed by atoms with Crippen LogP contribution in [0.2, 0.25) is 0 Å². The minimum absolute atomic E-state index is 0.0186. The van der Waals surface area contributed by atoms with Crippen molar-refractivity contribution in [3.8, 4) is 0 Å². The number of hydrogen-bond donors (Lipinski definition) is 3. The molecular weight excluding hydrogens is 312 g/mol. The van der Waals surface area contributed by atoms with Crippen LogP contribution in [-0.4, -0.2) is 20.9 Å². The van der Waals surface area contributed by atoms with Gasteiger partial charge >= 0.3 is 5.69 Å². The van der Waals surface area contributed by atoms with Crippen molar-refractivity contribution in [2.75, 3.05) is 5.32 Å². The molecule has 0 spiro atoms. The average Bonchev–Trinajstić information content (AvgIpc) is 3.00. The highest BCUT2D eigenvalue weighted by Gasteiger charge is 2.08. The lowest BCUT2D eigenvalue weighted by atomic mass is 10.1. The van der Waals surface area contributed by atoms with Crippen molar-refractivity contribution in [2.45, 2.75) is 33.1 Å². The van der Waals surface area contributed by atoms with Crippen LogP contribution in [0.4, 0.5) is 5.13 Å². The Balaban J connectivity index is 1.53. The smallest absolute Gasteiger partial charge is 0.306 e. The maximum absolute atomic E-state index is 11.9. The van der Waals surface area contributed by atoms with Crippen LogP contribution >= 0.6 is 11.3 Å². The molecule has 0 bridgehead atoms. The zero-order valence-electron chi connectivity index (χ0n) is 13.0. The van der Waals surface area contributed by atoms with E-state index in [1.165, 1.54) is 11.3 Å². The van der Waals surface area contributed by atoms with Gasteiger partial charge in [-0.2, -0.15) is 0 Å². The Morgan fingerprint density at radius 1 is 1.26 bits per heavy atom. The van der Waals surface area contributed by atoms with E-state index in [0.29, 0.717) is 11.6 Å². The minimum atomic E-state index is -0.203. The summed E-state index contributed by atoms with van der Waals surface area (Å²) in [6.45, 7) is 3.92. The molecule has 0 atom stereocenters. The lowest BCUT2D eigenvalue weighted by molar-refractivity contribution is -0.116. The summed E-state index contributed by atoms with van der Waals surface area (Å²) in [6, 6.07) is 5.79. The molecule has 2 heterocycles. The Kier molecular flexibility index (Phi) is 4.29. The first-order valence-electron chi connectivity index (χ1n) is 7.46. The van der Waals surface area contributed by atoms with Crippen LogP contribution in [0.25, 0.3) is 11.0 Å². The van der Waals surface area contributed by atoms with Gasteiger partial charge in [-0.05, 0) is 44.4 Å². The molecule has 3 rings (SSSR count). The summed E-state index contributed by atoms with van der Waals surface area (Å²) in [5.74, 6) is -0.0186. The van der Waals surface area contributed by atoms with E-state index in [1.807, 2.05) is 32.0 Å². The summed E-state index contributed by atoms with van der Waals surface area (Å²) >= 11 is 1.50. The number of fused-ring (bicyclic) bond motifs is 1. The van der Waals surface area contributed by atoms with Gasteiger partial charge in [-0.25, -0.2) is 9.78 Å². The highest BCUT2D eigenvalue weighted by Crippen LogP contribution is 2.21. The normalized spacial score (nSPS) is 11.0. The van der Waals surface area contributed by atoms with Crippen molar-refractivity contribution in [2.24, 2.45) is 0 Å². The number of aryl methyl sites for hydroxylation is 3. The summed E-state index contributed by atoms with van der Waals surface area (Å²) < 4.78 is 0. The topological polar surface area (TPSA) is 90.6 Å². The monoisotopic (exact) mass is 330 g/mol. The molecule has 3 N–H and O–H groups in total. The van der Waals surface area contributed by atoms with E-state index in [2.05, 4.69) is 20.3 Å². The predicted molar refractivity (Wildman–Crippen MR) is 92.1 cm³/mol. The highest BCUT2D eigenvalue weighted by molar-refractivity contribution is 7.15. The van der Waals surface area contributed by atoms with Crippen molar-refractivity contribution >= 4 is 33.4 Å². The second kappa shape index (κ2) is 6.37. The van der Waals surface area contributed by atoms with Crippen molar-refractivity contribution in [3.63, 3.8) is 0 Å². The Morgan fingerprint density at radius 3 is 2.78 bits per heavy atom. The number of carbonyl (C=O) groups is 1. The number of H-pyrrole nitrogens is 2. The Bertz CT molecular complexity index is 887. The molecule has 23 heavy (non-hydrogen) atoms. The number of nitrogens with one attached hydrogen (secondary N) is 3. The quantitative estimate of drug-likeness (QED) is 0.672. The molecule has 0 saturated heterocycles. The SMILES string of the molecule is Cc1nc(NC(=O)CCCc2ccc3[nH]c(=O)[nH]c3c2)sc1C. The number of anilines is 1. The number of imidazole rings is 1. The van der Waals surface area contributed by atoms with Gasteiger partial charge in [0, 0.05) is 11.3 Å². The molecule has 0 saturated carbocycles. The summed E-state index contributed by atoms with van der Waals surface area (Å²) in [5, 5.41) is 3.50. The number of rotatable bonds is 5. The molecule has 7 heteroatoms. The first kappa shape index (κ1) is 15.5. The van der Waals surface area contributed by atoms with Crippen molar-refractivity contribution in [3.05, 3.63) is 44.8 Å². The number of aromatic amines is 2. The van der Waals surface area contributed by atoms with Crippen LogP contribution in [0.5, 0.6) is 0 Å². The van der Waals surface area contributed by atoms with Gasteiger partial charge in [0.25, 0.3) is 0 Å². The third-order valence-electron chi connectivity index (χ3n) is 3.72. The molecule has 0 unspecified atom stereocenters. The third-order valence-corrected chi connectivity index (χ3v) is 4.71. The van der Waals surface area contributed by atoms with E-state index in [1.54, 1.807) is 0 Å². The number of benzene rings is 1. The van der Waals surface area contributed by atoms with Gasteiger partial charge in [0.05, 0.1) is 16.7 Å². The van der Waals surface area contributed by atoms with E-state index in [0.717, 1.165) is 40.0 Å². The van der Waals surface area contributed by atoms with Crippen LogP contribution in [0.1, 0.15) is 29.0 Å². The Morgan fingerprint density at radius 2 is 2.04 bits per heavy atom. The molecule has 0 fully saturated rings. The Labute approximate surface area is 137 Å². The second-order valence-electron chi connectivity index (χ2n) is 5.52. The van der Waals surface area contributed by atoms with E-state index >= 15 is 0 Å². The van der Waals surface area contributed by atoms with Gasteiger partial charge in [0.1, 0.15) is 0 Å². The van der Waals surface area contributed by atoms with Gasteiger partial charge in [0.15, 0.2) is 5.13 Å². The zero-order chi connectivity index (χ0) is 16.4. The predicted octanol–water partition coefficient (Wildman–Crippen LogP) is 2.89. The summed E-state index contributed by atoms with van der Waals surface area (Å²) in [5.41, 5.74) is 3.45. The zero-order valence-corrected chi connectivity index (χ0v) is 13.8. The van der Waals surface area contributed by atoms with Crippen LogP contribution in [-0.2, 0) is 11.2 Å². The number of carbonyl (C=O) groups excluding carboxylic acids is 1. The molecule has 120 valence electrons. The Hall–Kier alpha value is -2.41. The summed E-state index contributed by atoms with van der Waals surface area (Å²) in [6.07, 6.45) is 1.97. The maximum Gasteiger partial charge on any atom is 0.323 e. The maximum atomic E-state index is 11.9. The molecule has 1 aromatic carbocycles. The van der Waals surface area contributed by atoms with E-state index < -0.39 is 0 Å². The van der Waals surface area contributed by atoms with E-state index in [9.17, 15) is 9.59 Å². The fraction of sp³-hybridized carbons (Fsp3) is 0.312. The first-order chi connectivity index (χ1) is 11.0. The number of amides is 1. The molecule has 0 aliphatic heterocycles. The first-order valence-corrected chi connectivity index (χ1v) is 8.28. The lowest BCUT2D eigenvalue weighted by Crippen LogP contribution is -2.11. The number of aromatic nitrogens is 3. The highest BCUT2D eigenvalue weighted by atomic mass is 32.1. The van der Waals surface area contributed by atoms with Crippen LogP contribution in [0.3, 0.4) is 0 Å². The summed E-state index contributed by atoms with van der Waals surface area (Å²) in [4.78, 5) is 34.1.